The van der Waals surface area contributed by atoms with E-state index >= 15 is 0 Å². The fourth-order valence-corrected chi connectivity index (χ4v) is 1.86. The largest absolute Gasteiger partial charge is 0.390 e. The van der Waals surface area contributed by atoms with Crippen molar-refractivity contribution >= 4 is 0 Å². The lowest BCUT2D eigenvalue weighted by Gasteiger charge is -2.22. The molecule has 0 aromatic carbocycles. The molecule has 1 N–H and O–H groups in total. The first-order valence-electron chi connectivity index (χ1n) is 5.09. The molecule has 0 spiro atoms. The Balaban J connectivity index is 2.40. The van der Waals surface area contributed by atoms with Gasteiger partial charge in [0.25, 0.3) is 0 Å². The van der Waals surface area contributed by atoms with Crippen LogP contribution in [0.1, 0.15) is 33.1 Å². The van der Waals surface area contributed by atoms with Gasteiger partial charge in [-0.2, -0.15) is 0 Å². The molecule has 0 aromatic heterocycles. The van der Waals surface area contributed by atoms with Crippen LogP contribution in [0, 0.1) is 0 Å². The van der Waals surface area contributed by atoms with Gasteiger partial charge in [-0.1, -0.05) is 12.2 Å². The maximum Gasteiger partial charge on any atom is 0.0632 e. The molecule has 13 heavy (non-hydrogen) atoms. The van der Waals surface area contributed by atoms with Crippen molar-refractivity contribution < 1.29 is 5.11 Å². The van der Waals surface area contributed by atoms with Crippen molar-refractivity contribution in [3.05, 3.63) is 12.2 Å². The fourth-order valence-electron chi connectivity index (χ4n) is 1.86. The van der Waals surface area contributed by atoms with Gasteiger partial charge < -0.3 is 5.11 Å². The van der Waals surface area contributed by atoms with Gasteiger partial charge in [-0.05, 0) is 39.7 Å². The van der Waals surface area contributed by atoms with Gasteiger partial charge in [-0.25, -0.2) is 0 Å². The number of nitrogens with zero attached hydrogens (tertiary/aromatic N) is 1. The van der Waals surface area contributed by atoms with Crippen LogP contribution in [0.15, 0.2) is 12.2 Å². The topological polar surface area (TPSA) is 23.5 Å². The molecule has 0 aromatic rings. The minimum absolute atomic E-state index is 0.441. The lowest BCUT2D eigenvalue weighted by Crippen LogP contribution is -2.29. The molecule has 1 rings (SSSR count). The molecule has 1 saturated heterocycles. The predicted molar refractivity (Wildman–Crippen MR) is 55.7 cm³/mol. The highest BCUT2D eigenvalue weighted by Gasteiger charge is 2.24. The van der Waals surface area contributed by atoms with Crippen LogP contribution >= 0.6 is 0 Å². The van der Waals surface area contributed by atoms with Gasteiger partial charge in [-0.15, -0.1) is 0 Å². The van der Waals surface area contributed by atoms with E-state index < -0.39 is 5.60 Å². The molecule has 0 saturated carbocycles. The van der Waals surface area contributed by atoms with Crippen molar-refractivity contribution in [1.82, 2.24) is 4.90 Å². The van der Waals surface area contributed by atoms with E-state index in [0.29, 0.717) is 0 Å². The van der Waals surface area contributed by atoms with Crippen LogP contribution in [0.2, 0.25) is 0 Å². The van der Waals surface area contributed by atoms with E-state index in [1.54, 1.807) is 0 Å². The maximum absolute atomic E-state index is 9.86. The minimum Gasteiger partial charge on any atom is -0.390 e. The molecule has 1 fully saturated rings. The quantitative estimate of drug-likeness (QED) is 0.660. The first kappa shape index (κ1) is 10.7. The van der Waals surface area contributed by atoms with Crippen LogP contribution < -0.4 is 0 Å². The number of rotatable bonds is 2. The van der Waals surface area contributed by atoms with Gasteiger partial charge in [0.1, 0.15) is 0 Å². The smallest absolute Gasteiger partial charge is 0.0632 e. The number of aliphatic hydroxyl groups is 1. The monoisotopic (exact) mass is 183 g/mol. The molecular weight excluding hydrogens is 162 g/mol. The lowest BCUT2D eigenvalue weighted by atomic mass is 9.98. The summed E-state index contributed by atoms with van der Waals surface area (Å²) in [5, 5.41) is 9.86. The zero-order valence-corrected chi connectivity index (χ0v) is 8.84. The summed E-state index contributed by atoms with van der Waals surface area (Å²) in [6.45, 7) is 11.0. The van der Waals surface area contributed by atoms with E-state index in [9.17, 15) is 5.11 Å². The van der Waals surface area contributed by atoms with Gasteiger partial charge in [0.2, 0.25) is 0 Å². The molecular formula is C11H21NO. The third kappa shape index (κ3) is 3.92. The van der Waals surface area contributed by atoms with E-state index in [2.05, 4.69) is 18.4 Å². The Morgan fingerprint density at radius 1 is 1.46 bits per heavy atom. The van der Waals surface area contributed by atoms with Crippen LogP contribution in [0.5, 0.6) is 0 Å². The standard InChI is InChI=1S/C11H21NO/c1-10(2)9-12-7-4-5-11(3,13)6-8-12/h13H,1,4-9H2,2-3H3. The molecule has 1 aliphatic rings. The van der Waals surface area contributed by atoms with Crippen LogP contribution in [-0.4, -0.2) is 35.2 Å². The van der Waals surface area contributed by atoms with E-state index in [1.807, 2.05) is 6.92 Å². The van der Waals surface area contributed by atoms with Gasteiger partial charge >= 0.3 is 0 Å². The Labute approximate surface area is 81.2 Å². The molecule has 76 valence electrons. The zero-order valence-electron chi connectivity index (χ0n) is 8.84. The van der Waals surface area contributed by atoms with E-state index in [1.165, 1.54) is 5.57 Å². The van der Waals surface area contributed by atoms with Crippen molar-refractivity contribution in [2.45, 2.75) is 38.7 Å². The molecule has 0 amide bonds. The molecule has 2 nitrogen and oxygen atoms in total. The van der Waals surface area contributed by atoms with Crippen LogP contribution in [0.4, 0.5) is 0 Å². The summed E-state index contributed by atoms with van der Waals surface area (Å²) in [6, 6.07) is 0. The first-order chi connectivity index (χ1) is 5.99. The summed E-state index contributed by atoms with van der Waals surface area (Å²) in [5.74, 6) is 0. The highest BCUT2D eigenvalue weighted by atomic mass is 16.3. The second-order valence-electron chi connectivity index (χ2n) is 4.58. The van der Waals surface area contributed by atoms with E-state index in [4.69, 9.17) is 0 Å². The highest BCUT2D eigenvalue weighted by molar-refractivity contribution is 4.93. The molecule has 0 aliphatic carbocycles. The Bertz CT molecular complexity index is 187. The average molecular weight is 183 g/mol. The lowest BCUT2D eigenvalue weighted by molar-refractivity contribution is 0.0449. The van der Waals surface area contributed by atoms with Gasteiger partial charge in [-0.3, -0.25) is 4.90 Å². The Hall–Kier alpha value is -0.340. The Kier molecular flexibility index (Phi) is 3.51. The molecule has 1 heterocycles. The molecule has 2 heteroatoms. The maximum atomic E-state index is 9.86. The number of hydrogen-bond acceptors (Lipinski definition) is 2. The summed E-state index contributed by atoms with van der Waals surface area (Å²) in [5.41, 5.74) is 0.769. The van der Waals surface area contributed by atoms with E-state index in [0.717, 1.165) is 38.9 Å². The minimum atomic E-state index is -0.441. The van der Waals surface area contributed by atoms with Gasteiger partial charge in [0.05, 0.1) is 5.60 Å². The fraction of sp³-hybridized carbons (Fsp3) is 0.818. The number of hydrogen-bond donors (Lipinski definition) is 1. The Morgan fingerprint density at radius 3 is 2.77 bits per heavy atom. The van der Waals surface area contributed by atoms with Gasteiger partial charge in [0, 0.05) is 13.1 Å². The van der Waals surface area contributed by atoms with Crippen LogP contribution in [-0.2, 0) is 0 Å². The van der Waals surface area contributed by atoms with E-state index in [-0.39, 0.29) is 0 Å². The van der Waals surface area contributed by atoms with Crippen molar-refractivity contribution in [2.24, 2.45) is 0 Å². The second kappa shape index (κ2) is 4.25. The summed E-state index contributed by atoms with van der Waals surface area (Å²) in [4.78, 5) is 2.38. The van der Waals surface area contributed by atoms with Crippen molar-refractivity contribution in [3.63, 3.8) is 0 Å². The first-order valence-corrected chi connectivity index (χ1v) is 5.09. The third-order valence-corrected chi connectivity index (χ3v) is 2.65. The third-order valence-electron chi connectivity index (χ3n) is 2.65. The highest BCUT2D eigenvalue weighted by Crippen LogP contribution is 2.21. The summed E-state index contributed by atoms with van der Waals surface area (Å²) >= 11 is 0. The molecule has 0 bridgehead atoms. The van der Waals surface area contributed by atoms with Crippen LogP contribution in [0.3, 0.4) is 0 Å². The summed E-state index contributed by atoms with van der Waals surface area (Å²) < 4.78 is 0. The van der Waals surface area contributed by atoms with Crippen molar-refractivity contribution in [1.29, 1.82) is 0 Å². The Morgan fingerprint density at radius 2 is 2.15 bits per heavy atom. The van der Waals surface area contributed by atoms with Gasteiger partial charge in [0.15, 0.2) is 0 Å². The summed E-state index contributed by atoms with van der Waals surface area (Å²) in [6.07, 6.45) is 2.92. The second-order valence-corrected chi connectivity index (χ2v) is 4.58. The molecule has 1 aliphatic heterocycles. The van der Waals surface area contributed by atoms with Crippen molar-refractivity contribution in [2.75, 3.05) is 19.6 Å². The number of likely N-dealkylation sites (tertiary alicyclic amines) is 1. The molecule has 1 unspecified atom stereocenters. The predicted octanol–water partition coefficient (Wildman–Crippen LogP) is 1.80. The molecule has 1 atom stereocenters. The molecule has 0 radical (unpaired) electrons. The SMILES string of the molecule is C=C(C)CN1CCCC(C)(O)CC1. The normalized spacial score (nSPS) is 31.3. The summed E-state index contributed by atoms with van der Waals surface area (Å²) in [7, 11) is 0. The van der Waals surface area contributed by atoms with Crippen molar-refractivity contribution in [3.8, 4) is 0 Å². The zero-order chi connectivity index (χ0) is 9.90. The average Bonchev–Trinajstić information content (AvgIpc) is 2.12. The van der Waals surface area contributed by atoms with Crippen LogP contribution in [0.25, 0.3) is 0 Å².